The molecule has 4 rings (SSSR count). The molecule has 4 N–H and O–H groups in total. The van der Waals surface area contributed by atoms with Crippen LogP contribution in [0.2, 0.25) is 0 Å². The lowest BCUT2D eigenvalue weighted by molar-refractivity contribution is -0.127. The minimum Gasteiger partial charge on any atom is -0.487 e. The van der Waals surface area contributed by atoms with E-state index in [9.17, 15) is 22.8 Å². The molecule has 4 heterocycles. The number of likely N-dealkylation sites (N-methyl/N-ethyl adjacent to an activating group) is 1. The summed E-state index contributed by atoms with van der Waals surface area (Å²) < 4.78 is 45.6. The van der Waals surface area contributed by atoms with E-state index in [0.29, 0.717) is 24.2 Å². The first-order valence-electron chi connectivity index (χ1n) is 10.1. The zero-order valence-corrected chi connectivity index (χ0v) is 20.1. The minimum absolute atomic E-state index is 0.0707. The second-order valence-electron chi connectivity index (χ2n) is 7.92. The Kier molecular flexibility index (Phi) is 5.99. The van der Waals surface area contributed by atoms with Crippen molar-refractivity contribution in [2.75, 3.05) is 20.7 Å². The summed E-state index contributed by atoms with van der Waals surface area (Å²) in [5, 5.41) is 7.95. The van der Waals surface area contributed by atoms with E-state index in [1.165, 1.54) is 35.8 Å². The number of nitrogens with zero attached hydrogens (tertiary/aromatic N) is 2. The van der Waals surface area contributed by atoms with Crippen LogP contribution in [0.5, 0.6) is 5.75 Å². The summed E-state index contributed by atoms with van der Waals surface area (Å²) in [6.45, 7) is -0.0709. The standard InChI is InChI=1S/C20H22FN5O6S2/c1-23-18(28)12-6-10-11(7-25(2)19(29)15(10)24-12)17-16(14(21)20(33-17)34(22,30)31)32-8-9-4-5-13(27)26(9)3/h6-7,9,24H,4-5,8H2,1-3H3,(H,23,28)(H2,22,30,31). The molecule has 0 bridgehead atoms. The Balaban J connectivity index is 1.91. The van der Waals surface area contributed by atoms with Gasteiger partial charge in [-0.15, -0.1) is 11.3 Å². The van der Waals surface area contributed by atoms with Gasteiger partial charge in [0.1, 0.15) is 17.8 Å². The molecule has 1 aliphatic heterocycles. The summed E-state index contributed by atoms with van der Waals surface area (Å²) in [5.74, 6) is -2.06. The quantitative estimate of drug-likeness (QED) is 0.443. The molecule has 14 heteroatoms. The first kappa shape index (κ1) is 23.9. The molecular weight excluding hydrogens is 489 g/mol. The number of likely N-dealkylation sites (tertiary alicyclic amines) is 1. The number of fused-ring (bicyclic) bond motifs is 1. The monoisotopic (exact) mass is 511 g/mol. The number of H-pyrrole nitrogens is 1. The molecule has 0 aliphatic carbocycles. The lowest BCUT2D eigenvalue weighted by Gasteiger charge is -2.20. The molecule has 0 aromatic carbocycles. The van der Waals surface area contributed by atoms with Crippen LogP contribution >= 0.6 is 11.3 Å². The fourth-order valence-corrected chi connectivity index (χ4v) is 5.81. The maximum absolute atomic E-state index is 15.3. The SMILES string of the molecule is CNC(=O)c1cc2c(-c3sc(S(N)(=O)=O)c(F)c3OCC3CCC(=O)N3C)cn(C)c(=O)c2[nH]1. The van der Waals surface area contributed by atoms with Crippen LogP contribution in [-0.2, 0) is 21.9 Å². The molecule has 1 atom stereocenters. The van der Waals surface area contributed by atoms with Crippen LogP contribution < -0.4 is 20.8 Å². The second kappa shape index (κ2) is 8.52. The highest BCUT2D eigenvalue weighted by atomic mass is 32.2. The number of nitrogens with two attached hydrogens (primary N) is 1. The first-order valence-corrected chi connectivity index (χ1v) is 12.5. The van der Waals surface area contributed by atoms with Crippen molar-refractivity contribution in [2.45, 2.75) is 23.1 Å². The van der Waals surface area contributed by atoms with E-state index in [2.05, 4.69) is 10.3 Å². The highest BCUT2D eigenvalue weighted by Gasteiger charge is 2.32. The average Bonchev–Trinajstić information content (AvgIpc) is 3.45. The van der Waals surface area contributed by atoms with E-state index < -0.39 is 31.5 Å². The summed E-state index contributed by atoms with van der Waals surface area (Å²) >= 11 is 0.559. The van der Waals surface area contributed by atoms with Gasteiger partial charge in [-0.3, -0.25) is 14.4 Å². The van der Waals surface area contributed by atoms with Crippen molar-refractivity contribution < 1.29 is 27.1 Å². The Morgan fingerprint density at radius 1 is 1.38 bits per heavy atom. The summed E-state index contributed by atoms with van der Waals surface area (Å²) in [5.41, 5.74) is 0.00950. The molecule has 34 heavy (non-hydrogen) atoms. The summed E-state index contributed by atoms with van der Waals surface area (Å²) in [6, 6.07) is 1.11. The first-order chi connectivity index (χ1) is 15.9. The van der Waals surface area contributed by atoms with Gasteiger partial charge < -0.3 is 24.5 Å². The Morgan fingerprint density at radius 2 is 2.09 bits per heavy atom. The van der Waals surface area contributed by atoms with Gasteiger partial charge in [0.25, 0.3) is 21.5 Å². The third-order valence-electron chi connectivity index (χ3n) is 5.77. The number of nitrogens with one attached hydrogen (secondary N) is 2. The lowest BCUT2D eigenvalue weighted by Crippen LogP contribution is -2.33. The zero-order valence-electron chi connectivity index (χ0n) is 18.5. The molecule has 1 saturated heterocycles. The van der Waals surface area contributed by atoms with Crippen LogP contribution in [0.3, 0.4) is 0 Å². The molecule has 0 spiro atoms. The molecule has 3 aromatic heterocycles. The van der Waals surface area contributed by atoms with Crippen molar-refractivity contribution in [2.24, 2.45) is 12.2 Å². The van der Waals surface area contributed by atoms with Crippen molar-refractivity contribution in [1.29, 1.82) is 0 Å². The fraction of sp³-hybridized carbons (Fsp3) is 0.350. The predicted octanol–water partition coefficient (Wildman–Crippen LogP) is 0.741. The summed E-state index contributed by atoms with van der Waals surface area (Å²) in [6.07, 6.45) is 2.25. The number of ether oxygens (including phenoxy) is 1. The number of carbonyl (C=O) groups excluding carboxylic acids is 2. The highest BCUT2D eigenvalue weighted by Crippen LogP contribution is 2.45. The van der Waals surface area contributed by atoms with E-state index in [0.717, 1.165) is 0 Å². The molecule has 0 saturated carbocycles. The van der Waals surface area contributed by atoms with E-state index in [1.54, 1.807) is 7.05 Å². The smallest absolute Gasteiger partial charge is 0.274 e. The molecule has 1 aliphatic rings. The average molecular weight is 512 g/mol. The lowest BCUT2D eigenvalue weighted by atomic mass is 10.1. The van der Waals surface area contributed by atoms with Crippen molar-refractivity contribution in [3.63, 3.8) is 0 Å². The topological polar surface area (TPSA) is 157 Å². The van der Waals surface area contributed by atoms with E-state index in [4.69, 9.17) is 9.88 Å². The predicted molar refractivity (Wildman–Crippen MR) is 123 cm³/mol. The second-order valence-corrected chi connectivity index (χ2v) is 10.7. The van der Waals surface area contributed by atoms with Crippen molar-refractivity contribution in [1.82, 2.24) is 19.8 Å². The van der Waals surface area contributed by atoms with Crippen LogP contribution in [0.1, 0.15) is 23.3 Å². The number of aryl methyl sites for hydroxylation is 1. The van der Waals surface area contributed by atoms with Crippen molar-refractivity contribution in [3.8, 4) is 16.2 Å². The molecule has 2 amide bonds. The Labute approximate surface area is 197 Å². The van der Waals surface area contributed by atoms with Gasteiger partial charge in [0.2, 0.25) is 5.91 Å². The van der Waals surface area contributed by atoms with Gasteiger partial charge in [-0.1, -0.05) is 0 Å². The summed E-state index contributed by atoms with van der Waals surface area (Å²) in [7, 11) is 0.0818. The van der Waals surface area contributed by atoms with Crippen molar-refractivity contribution in [3.05, 3.63) is 34.1 Å². The number of aromatic nitrogens is 2. The highest BCUT2D eigenvalue weighted by molar-refractivity contribution is 7.91. The number of hydrogen-bond acceptors (Lipinski definition) is 7. The fourth-order valence-electron chi connectivity index (χ4n) is 3.88. The number of thiophene rings is 1. The van der Waals surface area contributed by atoms with Gasteiger partial charge in [-0.05, 0) is 12.5 Å². The minimum atomic E-state index is -4.43. The number of pyridine rings is 1. The Hall–Kier alpha value is -3.23. The number of aromatic amines is 1. The summed E-state index contributed by atoms with van der Waals surface area (Å²) in [4.78, 5) is 41.0. The molecule has 182 valence electrons. The molecule has 1 unspecified atom stereocenters. The van der Waals surface area contributed by atoms with Crippen LogP contribution in [0, 0.1) is 5.82 Å². The van der Waals surface area contributed by atoms with Crippen LogP contribution in [0.25, 0.3) is 21.3 Å². The number of hydrogen-bond donors (Lipinski definition) is 3. The molecule has 11 nitrogen and oxygen atoms in total. The van der Waals surface area contributed by atoms with Crippen LogP contribution in [0.4, 0.5) is 4.39 Å². The zero-order chi connectivity index (χ0) is 24.9. The number of sulfonamides is 1. The Morgan fingerprint density at radius 3 is 2.68 bits per heavy atom. The van der Waals surface area contributed by atoms with Gasteiger partial charge in [0, 0.05) is 44.7 Å². The maximum Gasteiger partial charge on any atom is 0.274 e. The van der Waals surface area contributed by atoms with Gasteiger partial charge >= 0.3 is 0 Å². The third-order valence-corrected chi connectivity index (χ3v) is 8.39. The number of rotatable bonds is 6. The van der Waals surface area contributed by atoms with Crippen molar-refractivity contribution >= 4 is 44.1 Å². The van der Waals surface area contributed by atoms with Gasteiger partial charge in [0.05, 0.1) is 10.9 Å². The molecular formula is C20H22FN5O6S2. The van der Waals surface area contributed by atoms with Crippen LogP contribution in [-0.4, -0.2) is 61.4 Å². The molecule has 3 aromatic rings. The Bertz CT molecular complexity index is 1490. The number of primary sulfonamides is 1. The third kappa shape index (κ3) is 3.97. The number of amides is 2. The van der Waals surface area contributed by atoms with Gasteiger partial charge in [-0.25, -0.2) is 17.9 Å². The largest absolute Gasteiger partial charge is 0.487 e. The number of halogens is 1. The van der Waals surface area contributed by atoms with E-state index in [1.807, 2.05) is 0 Å². The van der Waals surface area contributed by atoms with Gasteiger partial charge in [0.15, 0.2) is 15.8 Å². The van der Waals surface area contributed by atoms with Crippen LogP contribution in [0.15, 0.2) is 21.3 Å². The van der Waals surface area contributed by atoms with E-state index in [-0.39, 0.29) is 51.3 Å². The molecule has 0 radical (unpaired) electrons. The van der Waals surface area contributed by atoms with Gasteiger partial charge in [-0.2, -0.15) is 0 Å². The normalized spacial score (nSPS) is 16.4. The number of carbonyl (C=O) groups is 2. The maximum atomic E-state index is 15.3. The molecule has 1 fully saturated rings. The van der Waals surface area contributed by atoms with E-state index >= 15 is 4.39 Å².